The maximum Gasteiger partial charge on any atom is 0.175 e. The molecule has 0 aliphatic heterocycles. The summed E-state index contributed by atoms with van der Waals surface area (Å²) in [6.07, 6.45) is 14.2. The third-order valence-corrected chi connectivity index (χ3v) is 4.57. The molecule has 20 heavy (non-hydrogen) atoms. The van der Waals surface area contributed by atoms with E-state index in [2.05, 4.69) is 49.3 Å². The van der Waals surface area contributed by atoms with Gasteiger partial charge in [-0.05, 0) is 22.8 Å². The van der Waals surface area contributed by atoms with Crippen LogP contribution in [0, 0.1) is 23.3 Å². The summed E-state index contributed by atoms with van der Waals surface area (Å²) in [5, 5.41) is 0. The Morgan fingerprint density at radius 2 is 1.75 bits per heavy atom. The lowest BCUT2D eigenvalue weighted by atomic mass is 9.69. The Labute approximate surface area is 121 Å². The average Bonchev–Trinajstić information content (AvgIpc) is 2.37. The molecule has 0 saturated carbocycles. The van der Waals surface area contributed by atoms with Crippen LogP contribution in [0.1, 0.15) is 0 Å². The standard InChI is InChI=1S/C18H18OSi/c1-20(2,3)11-10-15-16-9-5-7-13-6-4-8-14(18(13)16)12-17(15)19/h4-9,12,15,18H,1-3H3. The number of ketones is 1. The number of hydrogen-bond acceptors (Lipinski definition) is 1. The van der Waals surface area contributed by atoms with Crippen LogP contribution in [0.4, 0.5) is 0 Å². The number of carbonyl (C=O) groups is 1. The zero-order valence-corrected chi connectivity index (χ0v) is 13.1. The predicted molar refractivity (Wildman–Crippen MR) is 85.6 cm³/mol. The zero-order chi connectivity index (χ0) is 14.3. The van der Waals surface area contributed by atoms with Crippen molar-refractivity contribution < 1.29 is 4.79 Å². The smallest absolute Gasteiger partial charge is 0.175 e. The molecule has 0 bridgehead atoms. The highest BCUT2D eigenvalue weighted by Crippen LogP contribution is 2.42. The highest BCUT2D eigenvalue weighted by Gasteiger charge is 2.35. The predicted octanol–water partition coefficient (Wildman–Crippen LogP) is 3.60. The van der Waals surface area contributed by atoms with Gasteiger partial charge in [0.05, 0.1) is 0 Å². The minimum atomic E-state index is -1.46. The van der Waals surface area contributed by atoms with Gasteiger partial charge in [-0.15, -0.1) is 5.54 Å². The first-order valence-electron chi connectivity index (χ1n) is 7.00. The Morgan fingerprint density at radius 3 is 2.50 bits per heavy atom. The van der Waals surface area contributed by atoms with Gasteiger partial charge in [0.15, 0.2) is 5.78 Å². The molecule has 0 saturated heterocycles. The van der Waals surface area contributed by atoms with Gasteiger partial charge in [0.1, 0.15) is 14.0 Å². The molecule has 0 radical (unpaired) electrons. The summed E-state index contributed by atoms with van der Waals surface area (Å²) in [5.41, 5.74) is 6.88. The highest BCUT2D eigenvalue weighted by atomic mass is 28.3. The van der Waals surface area contributed by atoms with Gasteiger partial charge in [0.25, 0.3) is 0 Å². The minimum absolute atomic E-state index is 0.134. The molecule has 0 spiro atoms. The normalized spacial score (nSPS) is 26.9. The molecule has 0 aromatic carbocycles. The lowest BCUT2D eigenvalue weighted by Gasteiger charge is -2.33. The summed E-state index contributed by atoms with van der Waals surface area (Å²) in [4.78, 5) is 12.4. The van der Waals surface area contributed by atoms with Gasteiger partial charge >= 0.3 is 0 Å². The van der Waals surface area contributed by atoms with Crippen LogP contribution in [0.5, 0.6) is 0 Å². The Bertz CT molecular complexity index is 681. The first kappa shape index (κ1) is 13.1. The summed E-state index contributed by atoms with van der Waals surface area (Å²) >= 11 is 0. The van der Waals surface area contributed by atoms with E-state index in [0.29, 0.717) is 0 Å². The van der Waals surface area contributed by atoms with Gasteiger partial charge in [-0.25, -0.2) is 0 Å². The van der Waals surface area contributed by atoms with Crippen LogP contribution >= 0.6 is 0 Å². The van der Waals surface area contributed by atoms with Crippen molar-refractivity contribution >= 4 is 13.9 Å². The van der Waals surface area contributed by atoms with E-state index in [1.54, 1.807) is 6.08 Å². The molecule has 100 valence electrons. The van der Waals surface area contributed by atoms with E-state index in [4.69, 9.17) is 0 Å². The summed E-state index contributed by atoms with van der Waals surface area (Å²) in [6.45, 7) is 6.62. The fourth-order valence-corrected chi connectivity index (χ4v) is 3.39. The van der Waals surface area contributed by atoms with Crippen molar-refractivity contribution in [2.24, 2.45) is 11.8 Å². The zero-order valence-electron chi connectivity index (χ0n) is 12.1. The quantitative estimate of drug-likeness (QED) is 0.489. The fraction of sp³-hybridized carbons (Fsp3) is 0.278. The molecule has 0 fully saturated rings. The van der Waals surface area contributed by atoms with Gasteiger partial charge in [-0.3, -0.25) is 4.79 Å². The number of allylic oxidation sites excluding steroid dienone is 10. The molecule has 2 heteroatoms. The van der Waals surface area contributed by atoms with E-state index >= 15 is 0 Å². The van der Waals surface area contributed by atoms with E-state index in [-0.39, 0.29) is 17.6 Å². The van der Waals surface area contributed by atoms with E-state index in [1.807, 2.05) is 18.2 Å². The van der Waals surface area contributed by atoms with Crippen molar-refractivity contribution in [2.75, 3.05) is 0 Å². The Kier molecular flexibility index (Phi) is 3.03. The van der Waals surface area contributed by atoms with Crippen molar-refractivity contribution in [3.8, 4) is 11.5 Å². The van der Waals surface area contributed by atoms with Gasteiger partial charge < -0.3 is 0 Å². The maximum atomic E-state index is 12.4. The Morgan fingerprint density at radius 1 is 1.05 bits per heavy atom. The van der Waals surface area contributed by atoms with Crippen LogP contribution in [0.3, 0.4) is 0 Å². The molecule has 0 aromatic heterocycles. The van der Waals surface area contributed by atoms with Crippen LogP contribution in [-0.2, 0) is 4.79 Å². The van der Waals surface area contributed by atoms with E-state index in [1.165, 1.54) is 5.57 Å². The molecule has 0 N–H and O–H groups in total. The van der Waals surface area contributed by atoms with Gasteiger partial charge in [-0.2, -0.15) is 0 Å². The molecule has 0 heterocycles. The number of hydrogen-bond donors (Lipinski definition) is 0. The second kappa shape index (κ2) is 4.61. The van der Waals surface area contributed by atoms with Gasteiger partial charge in [0.2, 0.25) is 0 Å². The molecule has 1 nitrogen and oxygen atoms in total. The highest BCUT2D eigenvalue weighted by molar-refractivity contribution is 6.83. The van der Waals surface area contributed by atoms with Gasteiger partial charge in [-0.1, -0.05) is 62.0 Å². The van der Waals surface area contributed by atoms with Crippen LogP contribution in [-0.4, -0.2) is 13.9 Å². The second-order valence-corrected chi connectivity index (χ2v) is 11.2. The van der Waals surface area contributed by atoms with Crippen LogP contribution in [0.25, 0.3) is 0 Å². The number of rotatable bonds is 0. The summed E-state index contributed by atoms with van der Waals surface area (Å²) in [5.74, 6) is 3.38. The third-order valence-electron chi connectivity index (χ3n) is 3.67. The van der Waals surface area contributed by atoms with Crippen molar-refractivity contribution in [1.82, 2.24) is 0 Å². The van der Waals surface area contributed by atoms with Crippen LogP contribution in [0.15, 0.2) is 59.3 Å². The lowest BCUT2D eigenvalue weighted by molar-refractivity contribution is -0.116. The largest absolute Gasteiger partial charge is 0.293 e. The lowest BCUT2D eigenvalue weighted by Crippen LogP contribution is -2.29. The van der Waals surface area contributed by atoms with Gasteiger partial charge in [0, 0.05) is 5.92 Å². The summed E-state index contributed by atoms with van der Waals surface area (Å²) < 4.78 is 0. The van der Waals surface area contributed by atoms with Crippen molar-refractivity contribution in [2.45, 2.75) is 19.6 Å². The molecule has 2 unspecified atom stereocenters. The SMILES string of the molecule is C[Si](C)(C)C#CC1C(=O)C=C2C=CC=C3C=CC=C1C32. The van der Waals surface area contributed by atoms with Crippen LogP contribution in [0.2, 0.25) is 19.6 Å². The molecule has 2 atom stereocenters. The fourth-order valence-electron chi connectivity index (χ4n) is 2.81. The van der Waals surface area contributed by atoms with E-state index < -0.39 is 8.07 Å². The molecule has 0 amide bonds. The van der Waals surface area contributed by atoms with Crippen molar-refractivity contribution in [1.29, 1.82) is 0 Å². The Balaban J connectivity index is 2.08. The van der Waals surface area contributed by atoms with E-state index in [9.17, 15) is 4.79 Å². The third kappa shape index (κ3) is 2.30. The molecule has 3 aliphatic rings. The summed E-state index contributed by atoms with van der Waals surface area (Å²) in [6, 6.07) is 0. The molecular weight excluding hydrogens is 260 g/mol. The maximum absolute atomic E-state index is 12.4. The molecular formula is C18H18OSi. The monoisotopic (exact) mass is 278 g/mol. The molecule has 3 rings (SSSR count). The topological polar surface area (TPSA) is 17.1 Å². The minimum Gasteiger partial charge on any atom is -0.293 e. The van der Waals surface area contributed by atoms with E-state index in [0.717, 1.165) is 11.1 Å². The average molecular weight is 278 g/mol. The molecule has 0 aromatic rings. The first-order valence-corrected chi connectivity index (χ1v) is 10.5. The van der Waals surface area contributed by atoms with Crippen molar-refractivity contribution in [3.05, 3.63) is 59.3 Å². The second-order valence-electron chi connectivity index (χ2n) is 6.48. The summed E-state index contributed by atoms with van der Waals surface area (Å²) in [7, 11) is -1.46. The molecule has 3 aliphatic carbocycles. The van der Waals surface area contributed by atoms with Crippen LogP contribution < -0.4 is 0 Å². The van der Waals surface area contributed by atoms with Crippen molar-refractivity contribution in [3.63, 3.8) is 0 Å². The first-order chi connectivity index (χ1) is 9.46. The number of carbonyl (C=O) groups excluding carboxylic acids is 1. The Hall–Kier alpha value is -1.85.